The molecular formula is C31H28F5N5O3. The van der Waals surface area contributed by atoms with Crippen molar-refractivity contribution in [3.63, 3.8) is 0 Å². The molecule has 13 heteroatoms. The molecule has 3 aliphatic rings. The average molecular weight is 614 g/mol. The Labute approximate surface area is 248 Å². The Balaban J connectivity index is 1.40. The van der Waals surface area contributed by atoms with Crippen LogP contribution in [0.1, 0.15) is 52.1 Å². The van der Waals surface area contributed by atoms with Crippen molar-refractivity contribution in [3.05, 3.63) is 81.3 Å². The number of pyridine rings is 2. The number of ether oxygens (including phenoxy) is 1. The van der Waals surface area contributed by atoms with Gasteiger partial charge < -0.3 is 14.6 Å². The lowest BCUT2D eigenvalue weighted by molar-refractivity contribution is -0.136. The molecule has 3 fully saturated rings. The van der Waals surface area contributed by atoms with Gasteiger partial charge in [0.2, 0.25) is 0 Å². The van der Waals surface area contributed by atoms with E-state index in [9.17, 15) is 31.5 Å². The average Bonchev–Trinajstić information content (AvgIpc) is 3.73. The van der Waals surface area contributed by atoms with E-state index in [1.165, 1.54) is 29.2 Å². The zero-order chi connectivity index (χ0) is 30.9. The monoisotopic (exact) mass is 613 g/mol. The number of carbonyl (C=O) groups excluding carboxylic acids is 1. The third-order valence-corrected chi connectivity index (χ3v) is 8.60. The third kappa shape index (κ3) is 5.07. The predicted molar refractivity (Wildman–Crippen MR) is 151 cm³/mol. The van der Waals surface area contributed by atoms with Gasteiger partial charge in [-0.25, -0.2) is 13.8 Å². The van der Waals surface area contributed by atoms with Crippen molar-refractivity contribution in [1.82, 2.24) is 24.3 Å². The molecule has 0 spiro atoms. The lowest BCUT2D eigenvalue weighted by Crippen LogP contribution is -2.51. The first-order valence-electron chi connectivity index (χ1n) is 14.4. The minimum Gasteiger partial charge on any atom is -0.378 e. The van der Waals surface area contributed by atoms with Crippen LogP contribution in [0.4, 0.5) is 22.0 Å². The van der Waals surface area contributed by atoms with Crippen LogP contribution in [-0.4, -0.2) is 76.3 Å². The van der Waals surface area contributed by atoms with Gasteiger partial charge in [0, 0.05) is 35.4 Å². The van der Waals surface area contributed by atoms with Crippen molar-refractivity contribution in [2.24, 2.45) is 0 Å². The Bertz CT molecular complexity index is 1840. The van der Waals surface area contributed by atoms with Crippen LogP contribution in [0.15, 0.2) is 47.4 Å². The number of morpholine rings is 1. The van der Waals surface area contributed by atoms with Crippen molar-refractivity contribution < 1.29 is 31.5 Å². The number of alkyl halides is 4. The summed E-state index contributed by atoms with van der Waals surface area (Å²) in [6.45, 7) is 1.11. The summed E-state index contributed by atoms with van der Waals surface area (Å²) in [5.41, 5.74) is -0.309. The number of carbonyl (C=O) groups is 1. The molecule has 1 aromatic carbocycles. The van der Waals surface area contributed by atoms with Crippen LogP contribution in [0.2, 0.25) is 0 Å². The molecule has 0 radical (unpaired) electrons. The van der Waals surface area contributed by atoms with Crippen molar-refractivity contribution >= 4 is 16.8 Å². The number of H-pyrrole nitrogens is 1. The molecule has 5 heterocycles. The first-order valence-corrected chi connectivity index (χ1v) is 14.4. The van der Waals surface area contributed by atoms with E-state index in [4.69, 9.17) is 4.74 Å². The van der Waals surface area contributed by atoms with Crippen molar-refractivity contribution in [2.45, 2.75) is 37.1 Å². The summed E-state index contributed by atoms with van der Waals surface area (Å²) in [4.78, 5) is 37.8. The van der Waals surface area contributed by atoms with Crippen LogP contribution in [0.5, 0.6) is 0 Å². The largest absolute Gasteiger partial charge is 0.418 e. The summed E-state index contributed by atoms with van der Waals surface area (Å²) in [6.07, 6.45) is -3.59. The molecule has 1 amide bonds. The molecule has 0 bridgehead atoms. The summed E-state index contributed by atoms with van der Waals surface area (Å²) >= 11 is 0. The smallest absolute Gasteiger partial charge is 0.378 e. The van der Waals surface area contributed by atoms with E-state index in [1.807, 2.05) is 11.9 Å². The number of fused-ring (bicyclic) bond motifs is 1. The van der Waals surface area contributed by atoms with Crippen LogP contribution >= 0.6 is 0 Å². The molecule has 1 saturated carbocycles. The van der Waals surface area contributed by atoms with E-state index >= 15 is 0 Å². The molecule has 2 aliphatic heterocycles. The Morgan fingerprint density at radius 1 is 1.11 bits per heavy atom. The predicted octanol–water partition coefficient (Wildman–Crippen LogP) is 5.21. The van der Waals surface area contributed by atoms with E-state index < -0.39 is 35.2 Å². The van der Waals surface area contributed by atoms with E-state index in [-0.39, 0.29) is 53.9 Å². The molecular weight excluding hydrogens is 585 g/mol. The molecule has 1 atom stereocenters. The summed E-state index contributed by atoms with van der Waals surface area (Å²) < 4.78 is 77.7. The summed E-state index contributed by atoms with van der Waals surface area (Å²) in [5.74, 6) is -1.27. The standard InChI is InChI=1S/C31H28F5N5O3/c1-39-6-7-44-15-26(39)25-11-22-23(31(34,35)36)14-41(30(43)28(22)38-25)27-9-17(8-24(37-27)16-2-3-16)20-5-4-18(32)10-21(20)29(42)40-12-19(33)13-40/h4-5,8-11,14,16,19,26,38H,2-3,6-7,12-13,15H2,1H3. The highest BCUT2D eigenvalue weighted by molar-refractivity contribution is 6.01. The van der Waals surface area contributed by atoms with E-state index in [2.05, 4.69) is 9.97 Å². The molecule has 230 valence electrons. The van der Waals surface area contributed by atoms with Crippen LogP contribution in [0.25, 0.3) is 27.8 Å². The quantitative estimate of drug-likeness (QED) is 0.313. The number of likely N-dealkylation sites (tertiary alicyclic amines) is 1. The van der Waals surface area contributed by atoms with Gasteiger partial charge in [-0.15, -0.1) is 0 Å². The van der Waals surface area contributed by atoms with Crippen molar-refractivity contribution in [1.29, 1.82) is 0 Å². The number of halogens is 5. The van der Waals surface area contributed by atoms with Crippen LogP contribution in [-0.2, 0) is 10.9 Å². The SMILES string of the molecule is CN1CCOCC1c1cc2c(C(F)(F)F)cn(-c3cc(-c4ccc(F)cc4C(=O)N4CC(F)C4)cc(C4CC4)n3)c(=O)c2[nH]1. The Morgan fingerprint density at radius 3 is 2.57 bits per heavy atom. The molecule has 3 aromatic heterocycles. The second kappa shape index (κ2) is 10.5. The maximum atomic E-state index is 14.5. The molecule has 1 aliphatic carbocycles. The van der Waals surface area contributed by atoms with Gasteiger partial charge in [-0.2, -0.15) is 13.2 Å². The van der Waals surface area contributed by atoms with Gasteiger partial charge >= 0.3 is 6.18 Å². The number of nitrogens with zero attached hydrogens (tertiary/aromatic N) is 4. The number of benzene rings is 1. The van der Waals surface area contributed by atoms with Gasteiger partial charge in [0.15, 0.2) is 0 Å². The fourth-order valence-corrected chi connectivity index (χ4v) is 5.93. The zero-order valence-corrected chi connectivity index (χ0v) is 23.6. The number of likely N-dealkylation sites (N-methyl/N-ethyl adjacent to an activating group) is 1. The van der Waals surface area contributed by atoms with E-state index in [0.717, 1.165) is 29.7 Å². The van der Waals surface area contributed by atoms with Crippen molar-refractivity contribution in [3.8, 4) is 16.9 Å². The number of aromatic nitrogens is 3. The maximum Gasteiger partial charge on any atom is 0.418 e. The number of aromatic amines is 1. The molecule has 2 saturated heterocycles. The second-order valence-electron chi connectivity index (χ2n) is 11.7. The first kappa shape index (κ1) is 28.7. The summed E-state index contributed by atoms with van der Waals surface area (Å²) in [7, 11) is 1.84. The fraction of sp³-hybridized carbons (Fsp3) is 0.387. The lowest BCUT2D eigenvalue weighted by atomic mass is 9.96. The molecule has 1 unspecified atom stereocenters. The topological polar surface area (TPSA) is 83.5 Å². The first-order chi connectivity index (χ1) is 21.0. The van der Waals surface area contributed by atoms with Gasteiger partial charge in [0.05, 0.1) is 43.5 Å². The Morgan fingerprint density at radius 2 is 1.89 bits per heavy atom. The lowest BCUT2D eigenvalue weighted by Gasteiger charge is -2.34. The third-order valence-electron chi connectivity index (χ3n) is 8.60. The number of rotatable bonds is 5. The number of hydrogen-bond acceptors (Lipinski definition) is 5. The fourth-order valence-electron chi connectivity index (χ4n) is 5.93. The number of hydrogen-bond donors (Lipinski definition) is 1. The van der Waals surface area contributed by atoms with Crippen LogP contribution in [0, 0.1) is 5.82 Å². The van der Waals surface area contributed by atoms with Gasteiger partial charge in [0.1, 0.15) is 23.3 Å². The van der Waals surface area contributed by atoms with Gasteiger partial charge in [-0.05, 0) is 61.3 Å². The zero-order valence-electron chi connectivity index (χ0n) is 23.6. The van der Waals surface area contributed by atoms with Gasteiger partial charge in [0.25, 0.3) is 11.5 Å². The van der Waals surface area contributed by atoms with Gasteiger partial charge in [-0.3, -0.25) is 19.1 Å². The maximum absolute atomic E-state index is 14.5. The van der Waals surface area contributed by atoms with Crippen LogP contribution in [0.3, 0.4) is 0 Å². The second-order valence-corrected chi connectivity index (χ2v) is 11.7. The number of nitrogens with one attached hydrogen (secondary N) is 1. The van der Waals surface area contributed by atoms with E-state index in [0.29, 0.717) is 35.7 Å². The normalized spacial score (nSPS) is 19.9. The highest BCUT2D eigenvalue weighted by Gasteiger charge is 2.37. The summed E-state index contributed by atoms with van der Waals surface area (Å²) in [5, 5.41) is -0.251. The van der Waals surface area contributed by atoms with Gasteiger partial charge in [-0.1, -0.05) is 6.07 Å². The Kier molecular flexibility index (Phi) is 6.85. The molecule has 44 heavy (non-hydrogen) atoms. The highest BCUT2D eigenvalue weighted by Crippen LogP contribution is 2.42. The van der Waals surface area contributed by atoms with Crippen LogP contribution < -0.4 is 5.56 Å². The highest BCUT2D eigenvalue weighted by atomic mass is 19.4. The Hall–Kier alpha value is -4.10. The minimum absolute atomic E-state index is 0.0117. The summed E-state index contributed by atoms with van der Waals surface area (Å²) in [6, 6.07) is 7.76. The molecule has 4 aromatic rings. The molecule has 1 N–H and O–H groups in total. The van der Waals surface area contributed by atoms with Crippen molar-refractivity contribution in [2.75, 3.05) is 39.9 Å². The number of amides is 1. The molecule has 7 rings (SSSR count). The molecule has 8 nitrogen and oxygen atoms in total. The minimum atomic E-state index is -4.79. The van der Waals surface area contributed by atoms with E-state index in [1.54, 1.807) is 6.07 Å².